The van der Waals surface area contributed by atoms with Crippen molar-refractivity contribution in [3.8, 4) is 45.1 Å². The number of aromatic nitrogens is 1. The molecule has 5 rings (SSSR count). The maximum atomic E-state index is 9.67. The number of phenols is 1. The summed E-state index contributed by atoms with van der Waals surface area (Å²) in [6.07, 6.45) is 0. The molecule has 1 aliphatic heterocycles. The van der Waals surface area contributed by atoms with Crippen LogP contribution in [-0.2, 0) is 6.61 Å². The largest absolute Gasteiger partial charge is 0.508 e. The smallest absolute Gasteiger partial charge is 0.129 e. The molecule has 0 spiro atoms. The van der Waals surface area contributed by atoms with Gasteiger partial charge in [0.1, 0.15) is 18.1 Å². The van der Waals surface area contributed by atoms with Crippen molar-refractivity contribution in [2.24, 2.45) is 0 Å². The van der Waals surface area contributed by atoms with Crippen LogP contribution in [0, 0.1) is 0 Å². The summed E-state index contributed by atoms with van der Waals surface area (Å²) in [6.45, 7) is 0.477. The van der Waals surface area contributed by atoms with Gasteiger partial charge in [0.05, 0.1) is 11.4 Å². The maximum Gasteiger partial charge on any atom is 0.129 e. The zero-order chi connectivity index (χ0) is 18.2. The summed E-state index contributed by atoms with van der Waals surface area (Å²) in [5.74, 6) is 1.12. The SMILES string of the molecule is Oc1ccc(-c2cc(-c3ccccc3)nc3c2COc2ccccc2-3)cc1. The van der Waals surface area contributed by atoms with Crippen LogP contribution < -0.4 is 4.74 Å². The summed E-state index contributed by atoms with van der Waals surface area (Å²) in [5.41, 5.74) is 7.15. The summed E-state index contributed by atoms with van der Waals surface area (Å²) in [6, 6.07) is 27.6. The Morgan fingerprint density at radius 3 is 2.30 bits per heavy atom. The second-order valence-electron chi connectivity index (χ2n) is 6.58. The molecular formula is C24H17NO2. The zero-order valence-electron chi connectivity index (χ0n) is 14.6. The van der Waals surface area contributed by atoms with Crippen molar-refractivity contribution in [1.29, 1.82) is 0 Å². The van der Waals surface area contributed by atoms with Crippen molar-refractivity contribution < 1.29 is 9.84 Å². The summed E-state index contributed by atoms with van der Waals surface area (Å²) >= 11 is 0. The Labute approximate surface area is 157 Å². The van der Waals surface area contributed by atoms with E-state index < -0.39 is 0 Å². The van der Waals surface area contributed by atoms with Crippen LogP contribution in [0.4, 0.5) is 0 Å². The molecule has 0 radical (unpaired) electrons. The fourth-order valence-corrected chi connectivity index (χ4v) is 3.53. The Hall–Kier alpha value is -3.59. The Bertz CT molecular complexity index is 1120. The molecule has 3 nitrogen and oxygen atoms in total. The summed E-state index contributed by atoms with van der Waals surface area (Å²) in [7, 11) is 0. The molecule has 2 heterocycles. The monoisotopic (exact) mass is 351 g/mol. The second-order valence-corrected chi connectivity index (χ2v) is 6.58. The van der Waals surface area contributed by atoms with Gasteiger partial charge in [0.25, 0.3) is 0 Å². The molecule has 0 bridgehead atoms. The molecule has 3 aromatic carbocycles. The minimum atomic E-state index is 0.256. The first-order valence-corrected chi connectivity index (χ1v) is 8.90. The Morgan fingerprint density at radius 1 is 0.741 bits per heavy atom. The highest BCUT2D eigenvalue weighted by Gasteiger charge is 2.23. The topological polar surface area (TPSA) is 42.4 Å². The van der Waals surface area contributed by atoms with Crippen molar-refractivity contribution in [1.82, 2.24) is 4.98 Å². The molecule has 1 aliphatic rings. The molecule has 0 fully saturated rings. The van der Waals surface area contributed by atoms with Crippen molar-refractivity contribution >= 4 is 0 Å². The number of pyridine rings is 1. The number of rotatable bonds is 2. The summed E-state index contributed by atoms with van der Waals surface area (Å²) in [4.78, 5) is 5.00. The highest BCUT2D eigenvalue weighted by Crippen LogP contribution is 2.42. The lowest BCUT2D eigenvalue weighted by Crippen LogP contribution is -2.09. The Balaban J connectivity index is 1.79. The highest BCUT2D eigenvalue weighted by molar-refractivity contribution is 5.83. The van der Waals surface area contributed by atoms with Gasteiger partial charge in [0, 0.05) is 16.7 Å². The molecule has 0 amide bonds. The fraction of sp³-hybridized carbons (Fsp3) is 0.0417. The molecule has 0 saturated carbocycles. The normalized spacial score (nSPS) is 12.0. The van der Waals surface area contributed by atoms with Crippen molar-refractivity contribution in [3.63, 3.8) is 0 Å². The van der Waals surface area contributed by atoms with Crippen molar-refractivity contribution in [3.05, 3.63) is 90.5 Å². The van der Waals surface area contributed by atoms with Crippen LogP contribution in [0.3, 0.4) is 0 Å². The van der Waals surface area contributed by atoms with Crippen molar-refractivity contribution in [2.45, 2.75) is 6.61 Å². The number of aromatic hydroxyl groups is 1. The number of phenolic OH excluding ortho intramolecular Hbond substituents is 1. The molecule has 1 aromatic heterocycles. The van der Waals surface area contributed by atoms with Gasteiger partial charge in [0.2, 0.25) is 0 Å². The first kappa shape index (κ1) is 15.6. The van der Waals surface area contributed by atoms with Gasteiger partial charge < -0.3 is 9.84 Å². The molecule has 0 aliphatic carbocycles. The van der Waals surface area contributed by atoms with E-state index in [4.69, 9.17) is 9.72 Å². The van der Waals surface area contributed by atoms with Crippen molar-refractivity contribution in [2.75, 3.05) is 0 Å². The fourth-order valence-electron chi connectivity index (χ4n) is 3.53. The summed E-state index contributed by atoms with van der Waals surface area (Å²) in [5, 5.41) is 9.67. The quantitative estimate of drug-likeness (QED) is 0.505. The number of ether oxygens (including phenoxy) is 1. The molecule has 0 atom stereocenters. The molecular weight excluding hydrogens is 334 g/mol. The molecule has 27 heavy (non-hydrogen) atoms. The molecule has 130 valence electrons. The second kappa shape index (κ2) is 6.29. The minimum absolute atomic E-state index is 0.256. The van der Waals surface area contributed by atoms with E-state index >= 15 is 0 Å². The molecule has 4 aromatic rings. The van der Waals surface area contributed by atoms with E-state index in [9.17, 15) is 5.11 Å². The van der Waals surface area contributed by atoms with Crippen LogP contribution in [0.25, 0.3) is 33.6 Å². The number of benzene rings is 3. The van der Waals surface area contributed by atoms with E-state index in [2.05, 4.69) is 24.3 Å². The molecule has 1 N–H and O–H groups in total. The van der Waals surface area contributed by atoms with Crippen LogP contribution in [0.2, 0.25) is 0 Å². The number of fused-ring (bicyclic) bond motifs is 3. The van der Waals surface area contributed by atoms with Crippen LogP contribution in [-0.4, -0.2) is 10.1 Å². The van der Waals surface area contributed by atoms with Gasteiger partial charge in [-0.3, -0.25) is 0 Å². The lowest BCUT2D eigenvalue weighted by molar-refractivity contribution is 0.302. The molecule has 0 unspecified atom stereocenters. The highest BCUT2D eigenvalue weighted by atomic mass is 16.5. The standard InChI is InChI=1S/C24H17NO2/c26-18-12-10-16(11-13-18)20-14-22(17-6-2-1-3-7-17)25-24-19-8-4-5-9-23(19)27-15-21(20)24/h1-14,26H,15H2. The van der Waals surface area contributed by atoms with Gasteiger partial charge in [0.15, 0.2) is 0 Å². The number of nitrogens with zero attached hydrogens (tertiary/aromatic N) is 1. The molecule has 3 heteroatoms. The Kier molecular flexibility index (Phi) is 3.65. The third-order valence-electron chi connectivity index (χ3n) is 4.89. The summed E-state index contributed by atoms with van der Waals surface area (Å²) < 4.78 is 5.99. The third kappa shape index (κ3) is 2.74. The van der Waals surface area contributed by atoms with E-state index in [0.717, 1.165) is 45.0 Å². The number of hydrogen-bond acceptors (Lipinski definition) is 3. The molecule has 0 saturated heterocycles. The van der Waals surface area contributed by atoms with Gasteiger partial charge in [-0.25, -0.2) is 4.98 Å². The zero-order valence-corrected chi connectivity index (χ0v) is 14.6. The van der Waals surface area contributed by atoms with Crippen LogP contribution >= 0.6 is 0 Å². The average Bonchev–Trinajstić information content (AvgIpc) is 2.74. The van der Waals surface area contributed by atoms with Crippen LogP contribution in [0.5, 0.6) is 11.5 Å². The van der Waals surface area contributed by atoms with E-state index in [-0.39, 0.29) is 5.75 Å². The van der Waals surface area contributed by atoms with Crippen LogP contribution in [0.1, 0.15) is 5.56 Å². The van der Waals surface area contributed by atoms with Gasteiger partial charge >= 0.3 is 0 Å². The lowest BCUT2D eigenvalue weighted by Gasteiger charge is -2.23. The van der Waals surface area contributed by atoms with E-state index in [0.29, 0.717) is 6.61 Å². The predicted molar refractivity (Wildman–Crippen MR) is 107 cm³/mol. The minimum Gasteiger partial charge on any atom is -0.508 e. The van der Waals surface area contributed by atoms with Gasteiger partial charge in [-0.05, 0) is 41.5 Å². The average molecular weight is 351 g/mol. The Morgan fingerprint density at radius 2 is 1.48 bits per heavy atom. The number of para-hydroxylation sites is 1. The van der Waals surface area contributed by atoms with Gasteiger partial charge in [-0.15, -0.1) is 0 Å². The number of hydrogen-bond donors (Lipinski definition) is 1. The maximum absolute atomic E-state index is 9.67. The lowest BCUT2D eigenvalue weighted by atomic mass is 9.92. The predicted octanol–water partition coefficient (Wildman–Crippen LogP) is 5.68. The first-order valence-electron chi connectivity index (χ1n) is 8.90. The van der Waals surface area contributed by atoms with Gasteiger partial charge in [-0.1, -0.05) is 54.6 Å². The third-order valence-corrected chi connectivity index (χ3v) is 4.89. The first-order chi connectivity index (χ1) is 13.3. The van der Waals surface area contributed by atoms with Gasteiger partial charge in [-0.2, -0.15) is 0 Å². The van der Waals surface area contributed by atoms with E-state index in [1.54, 1.807) is 12.1 Å². The van der Waals surface area contributed by atoms with E-state index in [1.165, 1.54) is 0 Å². The van der Waals surface area contributed by atoms with E-state index in [1.807, 2.05) is 48.5 Å². The van der Waals surface area contributed by atoms with Crippen LogP contribution in [0.15, 0.2) is 84.9 Å².